The maximum atomic E-state index is 10.5. The average molecular weight is 281 g/mol. The first-order valence-electron chi connectivity index (χ1n) is 7.22. The lowest BCUT2D eigenvalue weighted by atomic mass is 9.91. The van der Waals surface area contributed by atoms with E-state index in [2.05, 4.69) is 13.8 Å². The summed E-state index contributed by atoms with van der Waals surface area (Å²) >= 11 is 0. The fourth-order valence-electron chi connectivity index (χ4n) is 1.89. The summed E-state index contributed by atoms with van der Waals surface area (Å²) in [5.41, 5.74) is 5.53. The van der Waals surface area contributed by atoms with Crippen LogP contribution in [0.4, 0.5) is 0 Å². The van der Waals surface area contributed by atoms with Crippen molar-refractivity contribution in [2.75, 3.05) is 33.0 Å². The molecule has 20 heavy (non-hydrogen) atoms. The molecule has 0 saturated heterocycles. The molecule has 1 atom stereocenters. The second-order valence-electron chi connectivity index (χ2n) is 5.43. The van der Waals surface area contributed by atoms with Crippen LogP contribution >= 0.6 is 0 Å². The largest absolute Gasteiger partial charge is 0.384 e. The van der Waals surface area contributed by atoms with Crippen molar-refractivity contribution in [1.82, 2.24) is 0 Å². The Morgan fingerprint density at radius 2 is 1.75 bits per heavy atom. The Morgan fingerprint density at radius 1 is 1.10 bits per heavy atom. The number of aliphatic hydroxyl groups is 1. The molecule has 1 unspecified atom stereocenters. The molecule has 0 aliphatic carbocycles. The van der Waals surface area contributed by atoms with Crippen LogP contribution in [0, 0.1) is 5.92 Å². The van der Waals surface area contributed by atoms with Crippen molar-refractivity contribution in [2.45, 2.75) is 25.9 Å². The van der Waals surface area contributed by atoms with Gasteiger partial charge in [-0.05, 0) is 11.5 Å². The fourth-order valence-corrected chi connectivity index (χ4v) is 1.89. The standard InChI is InChI=1S/C16H27NO3/c1-14(2)12-20-11-10-19-9-8-16(18,13-17)15-6-4-3-5-7-15/h3-7,14,18H,8-13,17H2,1-2H3. The summed E-state index contributed by atoms with van der Waals surface area (Å²) in [4.78, 5) is 0. The van der Waals surface area contributed by atoms with Crippen LogP contribution in [0.25, 0.3) is 0 Å². The highest BCUT2D eigenvalue weighted by Gasteiger charge is 2.26. The quantitative estimate of drug-likeness (QED) is 0.643. The minimum atomic E-state index is -1.01. The SMILES string of the molecule is CC(C)COCCOCCC(O)(CN)c1ccccc1. The van der Waals surface area contributed by atoms with E-state index >= 15 is 0 Å². The van der Waals surface area contributed by atoms with Crippen molar-refractivity contribution in [1.29, 1.82) is 0 Å². The average Bonchev–Trinajstić information content (AvgIpc) is 2.46. The molecular formula is C16H27NO3. The van der Waals surface area contributed by atoms with Crippen LogP contribution in [-0.2, 0) is 15.1 Å². The highest BCUT2D eigenvalue weighted by molar-refractivity contribution is 5.22. The summed E-state index contributed by atoms with van der Waals surface area (Å²) in [5.74, 6) is 0.537. The van der Waals surface area contributed by atoms with Gasteiger partial charge < -0.3 is 20.3 Å². The van der Waals surface area contributed by atoms with Gasteiger partial charge in [0.1, 0.15) is 5.60 Å². The van der Waals surface area contributed by atoms with Crippen LogP contribution in [-0.4, -0.2) is 38.1 Å². The van der Waals surface area contributed by atoms with Crippen LogP contribution in [0.1, 0.15) is 25.8 Å². The van der Waals surface area contributed by atoms with Crippen molar-refractivity contribution in [2.24, 2.45) is 11.7 Å². The van der Waals surface area contributed by atoms with Gasteiger partial charge in [-0.25, -0.2) is 0 Å². The van der Waals surface area contributed by atoms with Crippen molar-refractivity contribution < 1.29 is 14.6 Å². The molecule has 0 heterocycles. The van der Waals surface area contributed by atoms with Crippen LogP contribution < -0.4 is 5.73 Å². The molecule has 0 aliphatic heterocycles. The Hall–Kier alpha value is -0.940. The molecule has 0 radical (unpaired) electrons. The first-order chi connectivity index (χ1) is 9.58. The van der Waals surface area contributed by atoms with E-state index < -0.39 is 5.60 Å². The molecule has 0 saturated carbocycles. The predicted molar refractivity (Wildman–Crippen MR) is 80.5 cm³/mol. The molecule has 1 rings (SSSR count). The predicted octanol–water partition coefficient (Wildman–Crippen LogP) is 1.91. The van der Waals surface area contributed by atoms with Crippen molar-refractivity contribution >= 4 is 0 Å². The molecule has 4 nitrogen and oxygen atoms in total. The second-order valence-corrected chi connectivity index (χ2v) is 5.43. The van der Waals surface area contributed by atoms with Crippen LogP contribution in [0.15, 0.2) is 30.3 Å². The van der Waals surface area contributed by atoms with Gasteiger partial charge in [0.2, 0.25) is 0 Å². The van der Waals surface area contributed by atoms with Gasteiger partial charge >= 0.3 is 0 Å². The van der Waals surface area contributed by atoms with E-state index in [1.165, 1.54) is 0 Å². The van der Waals surface area contributed by atoms with Gasteiger partial charge in [-0.2, -0.15) is 0 Å². The number of hydrogen-bond donors (Lipinski definition) is 2. The van der Waals surface area contributed by atoms with Gasteiger partial charge in [-0.1, -0.05) is 44.2 Å². The zero-order valence-electron chi connectivity index (χ0n) is 12.5. The topological polar surface area (TPSA) is 64.7 Å². The molecule has 0 aromatic heterocycles. The van der Waals surface area contributed by atoms with Gasteiger partial charge in [-0.3, -0.25) is 0 Å². The van der Waals surface area contributed by atoms with Gasteiger partial charge in [0, 0.05) is 26.2 Å². The molecular weight excluding hydrogens is 254 g/mol. The molecule has 0 bridgehead atoms. The summed E-state index contributed by atoms with van der Waals surface area (Å²) in [6.07, 6.45) is 0.484. The van der Waals surface area contributed by atoms with E-state index in [0.29, 0.717) is 32.2 Å². The summed E-state index contributed by atoms with van der Waals surface area (Å²) in [7, 11) is 0. The van der Waals surface area contributed by atoms with Gasteiger partial charge in [-0.15, -0.1) is 0 Å². The summed E-state index contributed by atoms with van der Waals surface area (Å²) < 4.78 is 10.9. The second kappa shape index (κ2) is 9.08. The van der Waals surface area contributed by atoms with E-state index in [0.717, 1.165) is 12.2 Å². The Labute approximate surface area is 121 Å². The number of rotatable bonds is 10. The van der Waals surface area contributed by atoms with Crippen LogP contribution in [0.2, 0.25) is 0 Å². The van der Waals surface area contributed by atoms with Crippen molar-refractivity contribution in [3.63, 3.8) is 0 Å². The van der Waals surface area contributed by atoms with Crippen molar-refractivity contribution in [3.8, 4) is 0 Å². The maximum absolute atomic E-state index is 10.5. The lowest BCUT2D eigenvalue weighted by Crippen LogP contribution is -2.36. The molecule has 3 N–H and O–H groups in total. The Bertz CT molecular complexity index is 356. The molecule has 4 heteroatoms. The number of ether oxygens (including phenoxy) is 2. The summed E-state index contributed by atoms with van der Waals surface area (Å²) in [6, 6.07) is 9.49. The third kappa shape index (κ3) is 6.01. The van der Waals surface area contributed by atoms with E-state index in [4.69, 9.17) is 15.2 Å². The Morgan fingerprint density at radius 3 is 2.35 bits per heavy atom. The lowest BCUT2D eigenvalue weighted by Gasteiger charge is -2.27. The molecule has 0 spiro atoms. The van der Waals surface area contributed by atoms with Crippen molar-refractivity contribution in [3.05, 3.63) is 35.9 Å². The minimum absolute atomic E-state index is 0.185. The molecule has 0 amide bonds. The van der Waals surface area contributed by atoms with Gasteiger partial charge in [0.05, 0.1) is 13.2 Å². The normalized spacial score (nSPS) is 14.4. The molecule has 0 fully saturated rings. The van der Waals surface area contributed by atoms with Gasteiger partial charge in [0.25, 0.3) is 0 Å². The number of hydrogen-bond acceptors (Lipinski definition) is 4. The highest BCUT2D eigenvalue weighted by Crippen LogP contribution is 2.23. The van der Waals surface area contributed by atoms with Crippen LogP contribution in [0.3, 0.4) is 0 Å². The highest BCUT2D eigenvalue weighted by atomic mass is 16.5. The Balaban J connectivity index is 2.25. The van der Waals surface area contributed by atoms with E-state index in [1.54, 1.807) is 0 Å². The molecule has 1 aromatic rings. The summed E-state index contributed by atoms with van der Waals surface area (Å²) in [5, 5.41) is 10.5. The number of benzene rings is 1. The Kier molecular flexibility index (Phi) is 7.77. The van der Waals surface area contributed by atoms with Crippen LogP contribution in [0.5, 0.6) is 0 Å². The fraction of sp³-hybridized carbons (Fsp3) is 0.625. The molecule has 0 aliphatic rings. The first kappa shape index (κ1) is 17.1. The molecule has 1 aromatic carbocycles. The zero-order chi connectivity index (χ0) is 14.8. The summed E-state index contributed by atoms with van der Waals surface area (Å²) in [6.45, 7) is 6.76. The maximum Gasteiger partial charge on any atom is 0.104 e. The third-order valence-corrected chi connectivity index (χ3v) is 3.13. The van der Waals surface area contributed by atoms with Gasteiger partial charge in [0.15, 0.2) is 0 Å². The molecule has 114 valence electrons. The van der Waals surface area contributed by atoms with E-state index in [9.17, 15) is 5.11 Å². The zero-order valence-corrected chi connectivity index (χ0v) is 12.5. The lowest BCUT2D eigenvalue weighted by molar-refractivity contribution is -0.0124. The number of nitrogens with two attached hydrogens (primary N) is 1. The smallest absolute Gasteiger partial charge is 0.104 e. The van der Waals surface area contributed by atoms with E-state index in [1.807, 2.05) is 30.3 Å². The monoisotopic (exact) mass is 281 g/mol. The third-order valence-electron chi connectivity index (χ3n) is 3.13. The first-order valence-corrected chi connectivity index (χ1v) is 7.22. The van der Waals surface area contributed by atoms with E-state index in [-0.39, 0.29) is 6.54 Å². The minimum Gasteiger partial charge on any atom is -0.384 e.